The van der Waals surface area contributed by atoms with Gasteiger partial charge in [0, 0.05) is 16.8 Å². The number of hydrogen-bond acceptors (Lipinski definition) is 2. The maximum atomic E-state index is 12.1. The second kappa shape index (κ2) is 5.51. The van der Waals surface area contributed by atoms with Crippen molar-refractivity contribution in [1.82, 2.24) is 4.57 Å². The Labute approximate surface area is 121 Å². The number of aromatic carboxylic acids is 1. The molecule has 1 aromatic carbocycles. The Morgan fingerprint density at radius 3 is 2.40 bits per heavy atom. The summed E-state index contributed by atoms with van der Waals surface area (Å²) in [5.41, 5.74) is 1.79. The van der Waals surface area contributed by atoms with Gasteiger partial charge in [-0.25, -0.2) is 4.79 Å². The molecule has 5 heteroatoms. The second-order valence-corrected chi connectivity index (χ2v) is 5.08. The molecule has 1 heterocycles. The second-order valence-electron chi connectivity index (χ2n) is 4.64. The van der Waals surface area contributed by atoms with Gasteiger partial charge in [0.05, 0.1) is 12.1 Å². The Morgan fingerprint density at radius 1 is 1.25 bits per heavy atom. The van der Waals surface area contributed by atoms with E-state index in [1.807, 2.05) is 12.1 Å². The molecule has 0 aliphatic rings. The van der Waals surface area contributed by atoms with Gasteiger partial charge in [0.15, 0.2) is 0 Å². The van der Waals surface area contributed by atoms with Crippen molar-refractivity contribution >= 4 is 17.6 Å². The fraction of sp³-hybridized carbons (Fsp3) is 0.200. The predicted molar refractivity (Wildman–Crippen MR) is 77.7 cm³/mol. The van der Waals surface area contributed by atoms with Crippen molar-refractivity contribution < 1.29 is 9.90 Å². The van der Waals surface area contributed by atoms with Crippen molar-refractivity contribution in [3.63, 3.8) is 0 Å². The standard InChI is InChI=1S/C15H14ClNO3/c1-9-7-13(18)17(10(2)14(9)15(19)20)8-11-3-5-12(16)6-4-11/h3-7H,8H2,1-2H3,(H,19,20). The van der Waals surface area contributed by atoms with E-state index in [1.54, 1.807) is 26.0 Å². The monoisotopic (exact) mass is 291 g/mol. The van der Waals surface area contributed by atoms with Crippen LogP contribution in [0, 0.1) is 13.8 Å². The number of halogens is 1. The Hall–Kier alpha value is -2.07. The van der Waals surface area contributed by atoms with Crippen LogP contribution in [-0.4, -0.2) is 15.6 Å². The number of pyridine rings is 1. The topological polar surface area (TPSA) is 59.3 Å². The molecule has 0 bridgehead atoms. The quantitative estimate of drug-likeness (QED) is 0.946. The Morgan fingerprint density at radius 2 is 1.85 bits per heavy atom. The number of rotatable bonds is 3. The van der Waals surface area contributed by atoms with E-state index in [0.29, 0.717) is 22.8 Å². The minimum Gasteiger partial charge on any atom is -0.478 e. The van der Waals surface area contributed by atoms with Crippen LogP contribution in [0.3, 0.4) is 0 Å². The van der Waals surface area contributed by atoms with Crippen molar-refractivity contribution in [1.29, 1.82) is 0 Å². The van der Waals surface area contributed by atoms with Crippen LogP contribution in [0.5, 0.6) is 0 Å². The maximum absolute atomic E-state index is 12.1. The van der Waals surface area contributed by atoms with Crippen molar-refractivity contribution in [3.05, 3.63) is 68.1 Å². The third-order valence-electron chi connectivity index (χ3n) is 3.23. The SMILES string of the molecule is Cc1cc(=O)n(Cc2ccc(Cl)cc2)c(C)c1C(=O)O. The molecule has 0 atom stereocenters. The molecular formula is C15H14ClNO3. The van der Waals surface area contributed by atoms with Gasteiger partial charge >= 0.3 is 5.97 Å². The van der Waals surface area contributed by atoms with Crippen LogP contribution in [0.1, 0.15) is 27.2 Å². The molecule has 0 spiro atoms. The van der Waals surface area contributed by atoms with Gasteiger partial charge < -0.3 is 9.67 Å². The number of hydrogen-bond donors (Lipinski definition) is 1. The summed E-state index contributed by atoms with van der Waals surface area (Å²) in [4.78, 5) is 23.3. The highest BCUT2D eigenvalue weighted by Crippen LogP contribution is 2.14. The summed E-state index contributed by atoms with van der Waals surface area (Å²) < 4.78 is 1.46. The number of carboxylic acid groups (broad SMARTS) is 1. The van der Waals surface area contributed by atoms with Gasteiger partial charge in [0.1, 0.15) is 0 Å². The first-order chi connectivity index (χ1) is 9.40. The molecule has 0 saturated carbocycles. The summed E-state index contributed by atoms with van der Waals surface area (Å²) in [5.74, 6) is -1.02. The molecule has 0 aliphatic carbocycles. The van der Waals surface area contributed by atoms with Crippen LogP contribution in [0.4, 0.5) is 0 Å². The molecule has 2 aromatic rings. The fourth-order valence-corrected chi connectivity index (χ4v) is 2.34. The molecule has 0 saturated heterocycles. The summed E-state index contributed by atoms with van der Waals surface area (Å²) in [5, 5.41) is 9.85. The summed E-state index contributed by atoms with van der Waals surface area (Å²) in [6.45, 7) is 3.60. The van der Waals surface area contributed by atoms with Gasteiger partial charge in [-0.05, 0) is 37.1 Å². The summed E-state index contributed by atoms with van der Waals surface area (Å²) >= 11 is 5.82. The largest absolute Gasteiger partial charge is 0.478 e. The summed E-state index contributed by atoms with van der Waals surface area (Å²) in [6.07, 6.45) is 0. The van der Waals surface area contributed by atoms with Crippen molar-refractivity contribution in [2.75, 3.05) is 0 Å². The highest BCUT2D eigenvalue weighted by atomic mass is 35.5. The lowest BCUT2D eigenvalue weighted by molar-refractivity contribution is 0.0694. The zero-order chi connectivity index (χ0) is 14.9. The normalized spacial score (nSPS) is 10.6. The number of carbonyl (C=O) groups is 1. The summed E-state index contributed by atoms with van der Waals surface area (Å²) in [7, 11) is 0. The minimum atomic E-state index is -1.02. The van der Waals surface area contributed by atoms with Crippen LogP contribution in [0.15, 0.2) is 35.1 Å². The first kappa shape index (κ1) is 14.3. The van der Waals surface area contributed by atoms with E-state index >= 15 is 0 Å². The third-order valence-corrected chi connectivity index (χ3v) is 3.49. The average Bonchev–Trinajstić information content (AvgIpc) is 2.36. The molecule has 104 valence electrons. The van der Waals surface area contributed by atoms with Crippen molar-refractivity contribution in [3.8, 4) is 0 Å². The highest BCUT2D eigenvalue weighted by Gasteiger charge is 2.15. The van der Waals surface area contributed by atoms with E-state index in [0.717, 1.165) is 5.56 Å². The lowest BCUT2D eigenvalue weighted by Crippen LogP contribution is -2.26. The first-order valence-corrected chi connectivity index (χ1v) is 6.46. The Balaban J connectivity index is 2.52. The van der Waals surface area contributed by atoms with E-state index < -0.39 is 5.97 Å². The Bertz CT molecular complexity index is 717. The van der Waals surface area contributed by atoms with E-state index in [4.69, 9.17) is 11.6 Å². The zero-order valence-electron chi connectivity index (χ0n) is 11.2. The molecule has 0 amide bonds. The van der Waals surface area contributed by atoms with Crippen molar-refractivity contribution in [2.24, 2.45) is 0 Å². The molecule has 1 N–H and O–H groups in total. The van der Waals surface area contributed by atoms with Crippen LogP contribution < -0.4 is 5.56 Å². The predicted octanol–water partition coefficient (Wildman–Crippen LogP) is 2.87. The highest BCUT2D eigenvalue weighted by molar-refractivity contribution is 6.30. The van der Waals surface area contributed by atoms with Gasteiger partial charge in [0.25, 0.3) is 5.56 Å². The van der Waals surface area contributed by atoms with Crippen LogP contribution in [0.25, 0.3) is 0 Å². The van der Waals surface area contributed by atoms with Gasteiger partial charge in [-0.1, -0.05) is 23.7 Å². The number of nitrogens with zero attached hydrogens (tertiary/aromatic N) is 1. The van der Waals surface area contributed by atoms with Gasteiger partial charge in [0.2, 0.25) is 0 Å². The lowest BCUT2D eigenvalue weighted by atomic mass is 10.1. The molecule has 20 heavy (non-hydrogen) atoms. The fourth-order valence-electron chi connectivity index (χ4n) is 2.21. The van der Waals surface area contributed by atoms with Crippen LogP contribution in [0.2, 0.25) is 5.02 Å². The molecular weight excluding hydrogens is 278 g/mol. The molecule has 0 fully saturated rings. The third kappa shape index (κ3) is 2.75. The molecule has 4 nitrogen and oxygen atoms in total. The smallest absolute Gasteiger partial charge is 0.337 e. The average molecular weight is 292 g/mol. The summed E-state index contributed by atoms with van der Waals surface area (Å²) in [6, 6.07) is 8.46. The number of aromatic nitrogens is 1. The molecule has 2 rings (SSSR count). The van der Waals surface area contributed by atoms with Gasteiger partial charge in [-0.3, -0.25) is 4.79 Å². The first-order valence-electron chi connectivity index (χ1n) is 6.09. The number of aryl methyl sites for hydroxylation is 1. The molecule has 0 radical (unpaired) electrons. The van der Waals surface area contributed by atoms with Crippen LogP contribution >= 0.6 is 11.6 Å². The van der Waals surface area contributed by atoms with Gasteiger partial charge in [-0.2, -0.15) is 0 Å². The Kier molecular flexibility index (Phi) is 3.95. The van der Waals surface area contributed by atoms with E-state index in [2.05, 4.69) is 0 Å². The van der Waals surface area contributed by atoms with Gasteiger partial charge in [-0.15, -0.1) is 0 Å². The lowest BCUT2D eigenvalue weighted by Gasteiger charge is -2.14. The maximum Gasteiger partial charge on any atom is 0.337 e. The van der Waals surface area contributed by atoms with E-state index in [-0.39, 0.29) is 11.1 Å². The van der Waals surface area contributed by atoms with E-state index in [9.17, 15) is 14.7 Å². The van der Waals surface area contributed by atoms with Crippen molar-refractivity contribution in [2.45, 2.75) is 20.4 Å². The zero-order valence-corrected chi connectivity index (χ0v) is 11.9. The number of benzene rings is 1. The molecule has 1 aromatic heterocycles. The minimum absolute atomic E-state index is 0.179. The number of carboxylic acids is 1. The molecule has 0 aliphatic heterocycles. The molecule has 0 unspecified atom stereocenters. The van der Waals surface area contributed by atoms with Crippen LogP contribution in [-0.2, 0) is 6.54 Å². The van der Waals surface area contributed by atoms with E-state index in [1.165, 1.54) is 10.6 Å².